The summed E-state index contributed by atoms with van der Waals surface area (Å²) in [6.07, 6.45) is 0.748. The van der Waals surface area contributed by atoms with Crippen molar-refractivity contribution in [2.24, 2.45) is 5.92 Å². The van der Waals surface area contributed by atoms with Crippen LogP contribution < -0.4 is 5.32 Å². The standard InChI is InChI=1S/C8H13NO2S/c1-5(2)3-6-8(11)12-4-7(10)9-6/h5-6H,3-4H2,1-2H3,(H,9,10)/t6-/m0/s1. The molecule has 0 spiro atoms. The highest BCUT2D eigenvalue weighted by Gasteiger charge is 2.27. The third kappa shape index (κ3) is 2.52. The van der Waals surface area contributed by atoms with Gasteiger partial charge in [-0.05, 0) is 12.3 Å². The van der Waals surface area contributed by atoms with E-state index in [1.165, 1.54) is 0 Å². The normalized spacial score (nSPS) is 24.4. The van der Waals surface area contributed by atoms with Gasteiger partial charge in [0.25, 0.3) is 0 Å². The van der Waals surface area contributed by atoms with E-state index >= 15 is 0 Å². The molecule has 0 aromatic rings. The maximum Gasteiger partial charge on any atom is 0.231 e. The van der Waals surface area contributed by atoms with Gasteiger partial charge in [-0.2, -0.15) is 0 Å². The number of carbonyl (C=O) groups is 2. The fourth-order valence-corrected chi connectivity index (χ4v) is 1.87. The molecule has 1 N–H and O–H groups in total. The lowest BCUT2D eigenvalue weighted by molar-refractivity contribution is -0.124. The van der Waals surface area contributed by atoms with E-state index < -0.39 is 0 Å². The average Bonchev–Trinajstić information content (AvgIpc) is 1.96. The van der Waals surface area contributed by atoms with Crippen LogP contribution in [0.2, 0.25) is 0 Å². The van der Waals surface area contributed by atoms with Crippen LogP contribution in [0.4, 0.5) is 0 Å². The summed E-state index contributed by atoms with van der Waals surface area (Å²) in [6.45, 7) is 4.08. The quantitative estimate of drug-likeness (QED) is 0.695. The highest BCUT2D eigenvalue weighted by atomic mass is 32.2. The predicted octanol–water partition coefficient (Wildman–Crippen LogP) is 0.791. The second kappa shape index (κ2) is 3.94. The molecule has 0 saturated carbocycles. The fraction of sp³-hybridized carbons (Fsp3) is 0.750. The molecule has 0 aromatic carbocycles. The van der Waals surface area contributed by atoms with Crippen LogP contribution in [0.25, 0.3) is 0 Å². The third-order valence-corrected chi connectivity index (χ3v) is 2.65. The van der Waals surface area contributed by atoms with Crippen LogP contribution in [0.3, 0.4) is 0 Å². The van der Waals surface area contributed by atoms with Crippen LogP contribution in [0.1, 0.15) is 20.3 Å². The minimum atomic E-state index is -0.253. The summed E-state index contributed by atoms with van der Waals surface area (Å²) in [5.74, 6) is 0.705. The first-order chi connectivity index (χ1) is 5.59. The third-order valence-electron chi connectivity index (χ3n) is 1.67. The van der Waals surface area contributed by atoms with Gasteiger partial charge in [0.1, 0.15) is 0 Å². The maximum atomic E-state index is 11.2. The molecular formula is C8H13NO2S. The topological polar surface area (TPSA) is 46.2 Å². The smallest absolute Gasteiger partial charge is 0.231 e. The summed E-state index contributed by atoms with van der Waals surface area (Å²) in [6, 6.07) is -0.253. The van der Waals surface area contributed by atoms with Gasteiger partial charge in [0.05, 0.1) is 11.8 Å². The Bertz CT molecular complexity index is 203. The largest absolute Gasteiger partial charge is 0.345 e. The first-order valence-electron chi connectivity index (χ1n) is 4.05. The van der Waals surface area contributed by atoms with Crippen molar-refractivity contribution in [2.75, 3.05) is 5.75 Å². The second-order valence-corrected chi connectivity index (χ2v) is 4.34. The first kappa shape index (κ1) is 9.58. The number of hydrogen-bond donors (Lipinski definition) is 1. The van der Waals surface area contributed by atoms with Crippen LogP contribution in [0.15, 0.2) is 0 Å². The molecule has 12 heavy (non-hydrogen) atoms. The van der Waals surface area contributed by atoms with E-state index in [1.54, 1.807) is 0 Å². The van der Waals surface area contributed by atoms with Gasteiger partial charge in [0.2, 0.25) is 11.0 Å². The van der Waals surface area contributed by atoms with E-state index in [1.807, 2.05) is 13.8 Å². The number of amides is 1. The van der Waals surface area contributed by atoms with Crippen molar-refractivity contribution in [3.05, 3.63) is 0 Å². The molecule has 0 radical (unpaired) electrons. The molecule has 0 aliphatic carbocycles. The molecule has 0 bridgehead atoms. The first-order valence-corrected chi connectivity index (χ1v) is 5.04. The van der Waals surface area contributed by atoms with Gasteiger partial charge in [-0.15, -0.1) is 0 Å². The Hall–Kier alpha value is -0.510. The van der Waals surface area contributed by atoms with Crippen LogP contribution in [0.5, 0.6) is 0 Å². The molecule has 3 nitrogen and oxygen atoms in total. The zero-order valence-corrected chi connectivity index (χ0v) is 8.11. The van der Waals surface area contributed by atoms with Gasteiger partial charge in [0.15, 0.2) is 0 Å². The number of thioether (sulfide) groups is 1. The SMILES string of the molecule is CC(C)C[C@@H]1NC(=O)CSC1=O. The Morgan fingerprint density at radius 3 is 2.83 bits per heavy atom. The predicted molar refractivity (Wildman–Crippen MR) is 48.9 cm³/mol. The summed E-state index contributed by atoms with van der Waals surface area (Å²) in [7, 11) is 0. The van der Waals surface area contributed by atoms with Crippen LogP contribution in [-0.4, -0.2) is 22.8 Å². The van der Waals surface area contributed by atoms with Crippen molar-refractivity contribution in [3.63, 3.8) is 0 Å². The summed E-state index contributed by atoms with van der Waals surface area (Å²) in [4.78, 5) is 22.1. The van der Waals surface area contributed by atoms with E-state index in [2.05, 4.69) is 5.32 Å². The fourth-order valence-electron chi connectivity index (χ4n) is 1.16. The number of rotatable bonds is 2. The van der Waals surface area contributed by atoms with E-state index in [9.17, 15) is 9.59 Å². The highest BCUT2D eigenvalue weighted by molar-refractivity contribution is 8.14. The molecule has 68 valence electrons. The zero-order chi connectivity index (χ0) is 9.14. The summed E-state index contributed by atoms with van der Waals surface area (Å²) in [5.41, 5.74) is 0. The van der Waals surface area contributed by atoms with Crippen LogP contribution in [-0.2, 0) is 9.59 Å². The molecule has 1 saturated heterocycles. The zero-order valence-electron chi connectivity index (χ0n) is 7.29. The Morgan fingerprint density at radius 2 is 2.25 bits per heavy atom. The lowest BCUT2D eigenvalue weighted by atomic mass is 10.0. The Labute approximate surface area is 76.3 Å². The molecule has 1 aliphatic heterocycles. The maximum absolute atomic E-state index is 11.2. The number of carbonyl (C=O) groups excluding carboxylic acids is 2. The Kier molecular flexibility index (Phi) is 3.14. The number of hydrogen-bond acceptors (Lipinski definition) is 3. The molecule has 0 unspecified atom stereocenters. The number of nitrogens with one attached hydrogen (secondary N) is 1. The van der Waals surface area contributed by atoms with Crippen LogP contribution in [0, 0.1) is 5.92 Å². The van der Waals surface area contributed by atoms with Crippen molar-refractivity contribution < 1.29 is 9.59 Å². The summed E-state index contributed by atoms with van der Waals surface area (Å²) < 4.78 is 0. The van der Waals surface area contributed by atoms with Gasteiger partial charge >= 0.3 is 0 Å². The van der Waals surface area contributed by atoms with Gasteiger partial charge in [-0.25, -0.2) is 0 Å². The lowest BCUT2D eigenvalue weighted by Crippen LogP contribution is -2.45. The van der Waals surface area contributed by atoms with Crippen molar-refractivity contribution in [1.29, 1.82) is 0 Å². The molecule has 1 rings (SSSR count). The summed E-state index contributed by atoms with van der Waals surface area (Å²) in [5, 5.41) is 2.79. The van der Waals surface area contributed by atoms with Gasteiger partial charge in [-0.3, -0.25) is 9.59 Å². The van der Waals surface area contributed by atoms with Gasteiger partial charge < -0.3 is 5.32 Å². The van der Waals surface area contributed by atoms with Crippen molar-refractivity contribution in [2.45, 2.75) is 26.3 Å². The molecule has 1 amide bonds. The van der Waals surface area contributed by atoms with E-state index in [4.69, 9.17) is 0 Å². The minimum Gasteiger partial charge on any atom is -0.345 e. The molecule has 0 aromatic heterocycles. The van der Waals surface area contributed by atoms with Gasteiger partial charge in [0, 0.05) is 0 Å². The van der Waals surface area contributed by atoms with E-state index in [0.29, 0.717) is 5.92 Å². The molecule has 1 heterocycles. The highest BCUT2D eigenvalue weighted by Crippen LogP contribution is 2.16. The van der Waals surface area contributed by atoms with E-state index in [0.717, 1.165) is 18.2 Å². The Morgan fingerprint density at radius 1 is 1.58 bits per heavy atom. The van der Waals surface area contributed by atoms with Crippen molar-refractivity contribution in [3.8, 4) is 0 Å². The molecule has 1 atom stereocenters. The molecule has 1 fully saturated rings. The second-order valence-electron chi connectivity index (χ2n) is 3.36. The minimum absolute atomic E-state index is 0.0229. The van der Waals surface area contributed by atoms with Gasteiger partial charge in [-0.1, -0.05) is 25.6 Å². The summed E-state index contributed by atoms with van der Waals surface area (Å²) >= 11 is 1.13. The molecule has 4 heteroatoms. The molecular weight excluding hydrogens is 174 g/mol. The average molecular weight is 187 g/mol. The monoisotopic (exact) mass is 187 g/mol. The van der Waals surface area contributed by atoms with E-state index in [-0.39, 0.29) is 22.8 Å². The van der Waals surface area contributed by atoms with Crippen molar-refractivity contribution in [1.82, 2.24) is 5.32 Å². The molecule has 1 aliphatic rings. The Balaban J connectivity index is 2.49. The van der Waals surface area contributed by atoms with Crippen LogP contribution >= 0.6 is 11.8 Å². The lowest BCUT2D eigenvalue weighted by Gasteiger charge is -2.22. The van der Waals surface area contributed by atoms with Crippen molar-refractivity contribution >= 4 is 22.8 Å².